The highest BCUT2D eigenvalue weighted by molar-refractivity contribution is 6.03. The van der Waals surface area contributed by atoms with Crippen molar-refractivity contribution in [1.29, 1.82) is 0 Å². The lowest BCUT2D eigenvalue weighted by molar-refractivity contribution is -0.134. The van der Waals surface area contributed by atoms with Gasteiger partial charge in [0, 0.05) is 55.9 Å². The highest BCUT2D eigenvalue weighted by Gasteiger charge is 2.34. The van der Waals surface area contributed by atoms with E-state index in [1.807, 2.05) is 12.1 Å². The number of amides is 3. The molecule has 2 fully saturated rings. The number of hydrogen-bond donors (Lipinski definition) is 3. The Balaban J connectivity index is 1.14. The summed E-state index contributed by atoms with van der Waals surface area (Å²) in [6, 6.07) is 13.6. The van der Waals surface area contributed by atoms with E-state index in [1.165, 1.54) is 6.26 Å². The molecule has 2 atom stereocenters. The Bertz CT molecular complexity index is 1190. The first-order valence-electron chi connectivity index (χ1n) is 11.5. The van der Waals surface area contributed by atoms with E-state index in [0.717, 1.165) is 5.56 Å². The summed E-state index contributed by atoms with van der Waals surface area (Å²) in [5.74, 6) is -0.289. The molecule has 2 aromatic heterocycles. The summed E-state index contributed by atoms with van der Waals surface area (Å²) in [7, 11) is 0. The summed E-state index contributed by atoms with van der Waals surface area (Å²) in [5.41, 5.74) is 8.37. The highest BCUT2D eigenvalue weighted by atomic mass is 16.3. The van der Waals surface area contributed by atoms with Crippen molar-refractivity contribution in [2.24, 2.45) is 0 Å². The van der Waals surface area contributed by atoms with E-state index in [9.17, 15) is 14.4 Å². The van der Waals surface area contributed by atoms with Gasteiger partial charge in [0.05, 0.1) is 6.26 Å². The molecule has 0 bridgehead atoms. The monoisotopic (exact) mass is 474 g/mol. The van der Waals surface area contributed by atoms with Crippen LogP contribution in [0.15, 0.2) is 71.6 Å². The number of carbonyl (C=O) groups is 3. The van der Waals surface area contributed by atoms with E-state index in [1.54, 1.807) is 58.6 Å². The van der Waals surface area contributed by atoms with Gasteiger partial charge in [0.1, 0.15) is 6.04 Å². The predicted molar refractivity (Wildman–Crippen MR) is 127 cm³/mol. The van der Waals surface area contributed by atoms with Crippen LogP contribution in [0.1, 0.15) is 38.9 Å². The zero-order valence-electron chi connectivity index (χ0n) is 19.0. The van der Waals surface area contributed by atoms with Crippen LogP contribution >= 0.6 is 0 Å². The molecule has 1 aromatic carbocycles. The first-order chi connectivity index (χ1) is 17.1. The molecule has 2 unspecified atom stereocenters. The van der Waals surface area contributed by atoms with E-state index in [4.69, 9.17) is 4.42 Å². The zero-order chi connectivity index (χ0) is 24.2. The molecule has 3 N–H and O–H groups in total. The minimum Gasteiger partial charge on any atom is -0.459 e. The molecule has 10 nitrogen and oxygen atoms in total. The Morgan fingerprint density at radius 2 is 1.71 bits per heavy atom. The highest BCUT2D eigenvalue weighted by Crippen LogP contribution is 2.23. The average Bonchev–Trinajstić information content (AvgIpc) is 3.62. The molecular formula is C25H26N6O4. The molecule has 5 rings (SSSR count). The second-order valence-corrected chi connectivity index (χ2v) is 8.54. The summed E-state index contributed by atoms with van der Waals surface area (Å²) in [6.45, 7) is 1.83. The van der Waals surface area contributed by atoms with Gasteiger partial charge in [-0.2, -0.15) is 0 Å². The van der Waals surface area contributed by atoms with Crippen LogP contribution in [-0.2, 0) is 4.79 Å². The van der Waals surface area contributed by atoms with Crippen LogP contribution in [0.2, 0.25) is 0 Å². The molecule has 0 spiro atoms. The number of carbonyl (C=O) groups excluding carboxylic acids is 3. The first-order valence-corrected chi connectivity index (χ1v) is 11.5. The topological polar surface area (TPSA) is 120 Å². The van der Waals surface area contributed by atoms with E-state index < -0.39 is 0 Å². The molecule has 35 heavy (non-hydrogen) atoms. The standard InChI is InChI=1S/C25H26N6O4/c32-23(22-5-2-14-35-22)27-19-4-1-3-18(15-19)24(33)30-10-12-31(13-11-30)25(34)21-16-20(28-29-21)17-6-8-26-9-7-17/h1-9,14-15,20-21,28-29H,10-13,16H2,(H,27,32). The maximum atomic E-state index is 13.1. The number of pyridine rings is 1. The quantitative estimate of drug-likeness (QED) is 0.516. The van der Waals surface area contributed by atoms with Crippen molar-refractivity contribution in [2.75, 3.05) is 31.5 Å². The van der Waals surface area contributed by atoms with Gasteiger partial charge in [-0.15, -0.1) is 0 Å². The molecule has 0 radical (unpaired) electrons. The third kappa shape index (κ3) is 5.08. The van der Waals surface area contributed by atoms with Crippen molar-refractivity contribution in [3.8, 4) is 0 Å². The van der Waals surface area contributed by atoms with Gasteiger partial charge in [0.25, 0.3) is 11.8 Å². The predicted octanol–water partition coefficient (Wildman–Crippen LogP) is 1.82. The number of aromatic nitrogens is 1. The lowest BCUT2D eigenvalue weighted by atomic mass is 10.0. The molecular weight excluding hydrogens is 448 g/mol. The largest absolute Gasteiger partial charge is 0.459 e. The van der Waals surface area contributed by atoms with Crippen molar-refractivity contribution < 1.29 is 18.8 Å². The van der Waals surface area contributed by atoms with Gasteiger partial charge in [-0.25, -0.2) is 10.9 Å². The third-order valence-electron chi connectivity index (χ3n) is 6.30. The first kappa shape index (κ1) is 22.8. The summed E-state index contributed by atoms with van der Waals surface area (Å²) < 4.78 is 5.10. The number of anilines is 1. The number of hydrazine groups is 1. The maximum Gasteiger partial charge on any atom is 0.291 e. The van der Waals surface area contributed by atoms with E-state index in [0.29, 0.717) is 43.9 Å². The van der Waals surface area contributed by atoms with Crippen molar-refractivity contribution in [3.63, 3.8) is 0 Å². The number of nitrogens with zero attached hydrogens (tertiary/aromatic N) is 3. The number of rotatable bonds is 5. The fraction of sp³-hybridized carbons (Fsp3) is 0.280. The van der Waals surface area contributed by atoms with Gasteiger partial charge in [0.2, 0.25) is 5.91 Å². The van der Waals surface area contributed by atoms with Crippen molar-refractivity contribution in [2.45, 2.75) is 18.5 Å². The summed E-state index contributed by atoms with van der Waals surface area (Å²) in [5, 5.41) is 2.74. The van der Waals surface area contributed by atoms with E-state index in [-0.39, 0.29) is 35.6 Å². The van der Waals surface area contributed by atoms with E-state index >= 15 is 0 Å². The number of nitrogens with one attached hydrogen (secondary N) is 3. The van der Waals surface area contributed by atoms with E-state index in [2.05, 4.69) is 21.2 Å². The number of hydrogen-bond acceptors (Lipinski definition) is 7. The Morgan fingerprint density at radius 3 is 2.46 bits per heavy atom. The van der Waals surface area contributed by atoms with Gasteiger partial charge < -0.3 is 19.5 Å². The molecule has 2 saturated heterocycles. The van der Waals surface area contributed by atoms with Crippen LogP contribution in [0, 0.1) is 0 Å². The van der Waals surface area contributed by atoms with Crippen LogP contribution in [0.5, 0.6) is 0 Å². The molecule has 10 heteroatoms. The zero-order valence-corrected chi connectivity index (χ0v) is 19.0. The van der Waals surface area contributed by atoms with Gasteiger partial charge >= 0.3 is 0 Å². The number of piperazine rings is 1. The Labute approximate surface area is 202 Å². The van der Waals surface area contributed by atoms with Gasteiger partial charge in [0.15, 0.2) is 5.76 Å². The Kier molecular flexibility index (Phi) is 6.55. The Hall–Kier alpha value is -4.02. The average molecular weight is 475 g/mol. The summed E-state index contributed by atoms with van der Waals surface area (Å²) in [6.07, 6.45) is 5.56. The van der Waals surface area contributed by atoms with Crippen LogP contribution in [-0.4, -0.2) is 64.7 Å². The number of benzene rings is 1. The maximum absolute atomic E-state index is 13.1. The normalized spacial score (nSPS) is 20.0. The van der Waals surface area contributed by atoms with Gasteiger partial charge in [-0.3, -0.25) is 19.4 Å². The van der Waals surface area contributed by atoms with Crippen LogP contribution in [0.4, 0.5) is 5.69 Å². The molecule has 0 aliphatic carbocycles. The van der Waals surface area contributed by atoms with Crippen LogP contribution < -0.4 is 16.2 Å². The lowest BCUT2D eigenvalue weighted by Crippen LogP contribution is -2.54. The lowest BCUT2D eigenvalue weighted by Gasteiger charge is -2.36. The van der Waals surface area contributed by atoms with Crippen LogP contribution in [0.25, 0.3) is 0 Å². The van der Waals surface area contributed by atoms with Crippen molar-refractivity contribution >= 4 is 23.4 Å². The third-order valence-corrected chi connectivity index (χ3v) is 6.30. The minimum atomic E-state index is -0.382. The SMILES string of the molecule is O=C(Nc1cccc(C(=O)N2CCN(C(=O)C3CC(c4ccncc4)NN3)CC2)c1)c1ccco1. The fourth-order valence-corrected chi connectivity index (χ4v) is 4.40. The fourth-order valence-electron chi connectivity index (χ4n) is 4.40. The van der Waals surface area contributed by atoms with Crippen molar-refractivity contribution in [1.82, 2.24) is 25.6 Å². The molecule has 2 aliphatic rings. The van der Waals surface area contributed by atoms with Crippen LogP contribution in [0.3, 0.4) is 0 Å². The van der Waals surface area contributed by atoms with Gasteiger partial charge in [-0.1, -0.05) is 6.07 Å². The number of furan rings is 1. The molecule has 2 aliphatic heterocycles. The molecule has 4 heterocycles. The Morgan fingerprint density at radius 1 is 0.943 bits per heavy atom. The smallest absolute Gasteiger partial charge is 0.291 e. The second kappa shape index (κ2) is 10.1. The summed E-state index contributed by atoms with van der Waals surface area (Å²) >= 11 is 0. The molecule has 3 aromatic rings. The van der Waals surface area contributed by atoms with Gasteiger partial charge in [-0.05, 0) is 54.4 Å². The summed E-state index contributed by atoms with van der Waals surface area (Å²) in [4.78, 5) is 45.9. The minimum absolute atomic E-state index is 0.0313. The molecule has 0 saturated carbocycles. The van der Waals surface area contributed by atoms with Crippen molar-refractivity contribution in [3.05, 3.63) is 84.1 Å². The molecule has 3 amide bonds. The molecule has 180 valence electrons. The second-order valence-electron chi connectivity index (χ2n) is 8.54.